The zero-order valence-corrected chi connectivity index (χ0v) is 9.65. The van der Waals surface area contributed by atoms with Crippen LogP contribution in [0.2, 0.25) is 0 Å². The number of nitrogens with one attached hydrogen (secondary N) is 1. The summed E-state index contributed by atoms with van der Waals surface area (Å²) < 4.78 is 5.37. The van der Waals surface area contributed by atoms with Crippen molar-refractivity contribution in [2.45, 2.75) is 18.9 Å². The van der Waals surface area contributed by atoms with Gasteiger partial charge in [-0.15, -0.1) is 0 Å². The molecule has 2 aliphatic heterocycles. The molecular formula is C11H21N3O2. The maximum Gasteiger partial charge on any atom is 0.228 e. The zero-order valence-electron chi connectivity index (χ0n) is 9.65. The minimum Gasteiger partial charge on any atom is -0.381 e. The van der Waals surface area contributed by atoms with Gasteiger partial charge in [-0.1, -0.05) is 0 Å². The Kier molecular flexibility index (Phi) is 4.15. The van der Waals surface area contributed by atoms with E-state index in [-0.39, 0.29) is 17.9 Å². The first-order valence-corrected chi connectivity index (χ1v) is 6.12. The summed E-state index contributed by atoms with van der Waals surface area (Å²) in [6, 6.07) is 0.156. The van der Waals surface area contributed by atoms with Gasteiger partial charge in [-0.05, 0) is 12.8 Å². The largest absolute Gasteiger partial charge is 0.381 e. The predicted octanol–water partition coefficient (Wildman–Crippen LogP) is -0.828. The topological polar surface area (TPSA) is 67.6 Å². The number of ether oxygens (including phenoxy) is 1. The van der Waals surface area contributed by atoms with Crippen LogP contribution in [0.5, 0.6) is 0 Å². The normalized spacial score (nSPS) is 31.4. The molecular weight excluding hydrogens is 206 g/mol. The van der Waals surface area contributed by atoms with Gasteiger partial charge in [0.1, 0.15) is 0 Å². The molecule has 2 fully saturated rings. The van der Waals surface area contributed by atoms with E-state index in [2.05, 4.69) is 5.32 Å². The lowest BCUT2D eigenvalue weighted by Crippen LogP contribution is -2.58. The molecule has 3 N–H and O–H groups in total. The maximum atomic E-state index is 12.3. The van der Waals surface area contributed by atoms with E-state index < -0.39 is 0 Å². The van der Waals surface area contributed by atoms with Crippen molar-refractivity contribution >= 4 is 5.91 Å². The van der Waals surface area contributed by atoms with Crippen LogP contribution in [0.1, 0.15) is 12.8 Å². The first-order valence-electron chi connectivity index (χ1n) is 6.12. The predicted molar refractivity (Wildman–Crippen MR) is 61.0 cm³/mol. The molecule has 0 aromatic carbocycles. The van der Waals surface area contributed by atoms with Crippen molar-refractivity contribution in [3.63, 3.8) is 0 Å². The van der Waals surface area contributed by atoms with Crippen molar-refractivity contribution in [3.8, 4) is 0 Å². The summed E-state index contributed by atoms with van der Waals surface area (Å²) in [6.07, 6.45) is 1.95. The molecule has 2 unspecified atom stereocenters. The van der Waals surface area contributed by atoms with E-state index in [9.17, 15) is 4.79 Å². The van der Waals surface area contributed by atoms with Crippen LogP contribution in [0.4, 0.5) is 0 Å². The molecule has 5 nitrogen and oxygen atoms in total. The first kappa shape index (κ1) is 11.8. The van der Waals surface area contributed by atoms with Gasteiger partial charge < -0.3 is 20.7 Å². The lowest BCUT2D eigenvalue weighted by Gasteiger charge is -2.38. The third kappa shape index (κ3) is 2.53. The van der Waals surface area contributed by atoms with E-state index in [1.165, 1.54) is 0 Å². The lowest BCUT2D eigenvalue weighted by atomic mass is 9.99. The molecule has 16 heavy (non-hydrogen) atoms. The molecule has 0 aliphatic carbocycles. The quantitative estimate of drug-likeness (QED) is 0.646. The van der Waals surface area contributed by atoms with Crippen LogP contribution in [-0.2, 0) is 9.53 Å². The molecule has 1 amide bonds. The fraction of sp³-hybridized carbons (Fsp3) is 0.909. The van der Waals surface area contributed by atoms with E-state index >= 15 is 0 Å². The molecule has 2 saturated heterocycles. The molecule has 5 heteroatoms. The molecule has 0 bridgehead atoms. The third-order valence-corrected chi connectivity index (χ3v) is 3.41. The van der Waals surface area contributed by atoms with E-state index in [0.717, 1.165) is 39.1 Å². The number of rotatable bonds is 2. The van der Waals surface area contributed by atoms with Gasteiger partial charge in [0.05, 0.1) is 18.6 Å². The second-order valence-corrected chi connectivity index (χ2v) is 4.54. The number of carbonyl (C=O) groups excluding carboxylic acids is 1. The Morgan fingerprint density at radius 1 is 1.56 bits per heavy atom. The average Bonchev–Trinajstić information content (AvgIpc) is 2.39. The van der Waals surface area contributed by atoms with Gasteiger partial charge in [-0.25, -0.2) is 0 Å². The van der Waals surface area contributed by atoms with E-state index in [0.29, 0.717) is 13.2 Å². The Hall–Kier alpha value is -0.650. The molecule has 2 heterocycles. The van der Waals surface area contributed by atoms with Gasteiger partial charge in [0.2, 0.25) is 5.91 Å². The number of carbonyl (C=O) groups is 1. The fourth-order valence-corrected chi connectivity index (χ4v) is 2.43. The summed E-state index contributed by atoms with van der Waals surface area (Å²) in [4.78, 5) is 14.2. The molecule has 0 saturated carbocycles. The number of hydrogen-bond acceptors (Lipinski definition) is 4. The molecule has 2 rings (SSSR count). The summed E-state index contributed by atoms with van der Waals surface area (Å²) in [5.74, 6) is 0.289. The second kappa shape index (κ2) is 5.61. The average molecular weight is 227 g/mol. The van der Waals surface area contributed by atoms with Crippen LogP contribution in [-0.4, -0.2) is 56.2 Å². The highest BCUT2D eigenvalue weighted by Crippen LogP contribution is 2.18. The number of nitrogens with zero attached hydrogens (tertiary/aromatic N) is 1. The second-order valence-electron chi connectivity index (χ2n) is 4.54. The Morgan fingerprint density at radius 3 is 3.12 bits per heavy atom. The van der Waals surface area contributed by atoms with E-state index in [1.807, 2.05) is 4.90 Å². The highest BCUT2D eigenvalue weighted by atomic mass is 16.5. The van der Waals surface area contributed by atoms with Crippen molar-refractivity contribution in [2.24, 2.45) is 11.7 Å². The van der Waals surface area contributed by atoms with Crippen molar-refractivity contribution in [2.75, 3.05) is 39.4 Å². The van der Waals surface area contributed by atoms with Gasteiger partial charge in [0.25, 0.3) is 0 Å². The Bertz CT molecular complexity index is 241. The minimum absolute atomic E-state index is 0.0564. The van der Waals surface area contributed by atoms with E-state index in [1.54, 1.807) is 0 Å². The highest BCUT2D eigenvalue weighted by molar-refractivity contribution is 5.79. The van der Waals surface area contributed by atoms with Gasteiger partial charge in [-0.2, -0.15) is 0 Å². The van der Waals surface area contributed by atoms with Gasteiger partial charge in [0.15, 0.2) is 0 Å². The number of hydrogen-bond donors (Lipinski definition) is 2. The van der Waals surface area contributed by atoms with Crippen LogP contribution < -0.4 is 11.1 Å². The van der Waals surface area contributed by atoms with Gasteiger partial charge in [-0.3, -0.25) is 4.79 Å². The molecule has 0 aromatic heterocycles. The summed E-state index contributed by atoms with van der Waals surface area (Å²) >= 11 is 0. The summed E-state index contributed by atoms with van der Waals surface area (Å²) in [5.41, 5.74) is 5.70. The standard InChI is InChI=1S/C11H21N3O2/c12-6-10-7-13-3-4-14(10)11(15)9-2-1-5-16-8-9/h9-10,13H,1-8,12H2. The highest BCUT2D eigenvalue weighted by Gasteiger charge is 2.31. The summed E-state index contributed by atoms with van der Waals surface area (Å²) in [6.45, 7) is 4.38. The Labute approximate surface area is 96.3 Å². The van der Waals surface area contributed by atoms with Gasteiger partial charge >= 0.3 is 0 Å². The molecule has 0 radical (unpaired) electrons. The summed E-state index contributed by atoms with van der Waals surface area (Å²) in [7, 11) is 0. The summed E-state index contributed by atoms with van der Waals surface area (Å²) in [5, 5.41) is 3.27. The van der Waals surface area contributed by atoms with Crippen LogP contribution >= 0.6 is 0 Å². The van der Waals surface area contributed by atoms with Crippen molar-refractivity contribution in [1.29, 1.82) is 0 Å². The SMILES string of the molecule is NCC1CNCCN1C(=O)C1CCCOC1. The number of piperazine rings is 1. The maximum absolute atomic E-state index is 12.3. The first-order chi connectivity index (χ1) is 7.83. The fourth-order valence-electron chi connectivity index (χ4n) is 2.43. The molecule has 2 aliphatic rings. The van der Waals surface area contributed by atoms with Crippen molar-refractivity contribution in [3.05, 3.63) is 0 Å². The lowest BCUT2D eigenvalue weighted by molar-refractivity contribution is -0.142. The van der Waals surface area contributed by atoms with Crippen LogP contribution in [0.25, 0.3) is 0 Å². The molecule has 2 atom stereocenters. The number of nitrogens with two attached hydrogens (primary N) is 1. The Morgan fingerprint density at radius 2 is 2.44 bits per heavy atom. The molecule has 92 valence electrons. The third-order valence-electron chi connectivity index (χ3n) is 3.41. The smallest absolute Gasteiger partial charge is 0.228 e. The van der Waals surface area contributed by atoms with Crippen molar-refractivity contribution < 1.29 is 9.53 Å². The van der Waals surface area contributed by atoms with E-state index in [4.69, 9.17) is 10.5 Å². The van der Waals surface area contributed by atoms with Crippen LogP contribution in [0.3, 0.4) is 0 Å². The minimum atomic E-state index is 0.0564. The number of amides is 1. The van der Waals surface area contributed by atoms with Crippen LogP contribution in [0.15, 0.2) is 0 Å². The molecule has 0 spiro atoms. The van der Waals surface area contributed by atoms with Gasteiger partial charge in [0, 0.05) is 32.8 Å². The monoisotopic (exact) mass is 227 g/mol. The van der Waals surface area contributed by atoms with Crippen molar-refractivity contribution in [1.82, 2.24) is 10.2 Å². The zero-order chi connectivity index (χ0) is 11.4. The molecule has 0 aromatic rings. The Balaban J connectivity index is 1.95. The van der Waals surface area contributed by atoms with Crippen LogP contribution in [0, 0.1) is 5.92 Å².